The number of allylic oxidation sites excluding steroid dienone is 1. The Morgan fingerprint density at radius 2 is 2.10 bits per heavy atom. The van der Waals surface area contributed by atoms with Gasteiger partial charge in [-0.1, -0.05) is 25.0 Å². The average Bonchev–Trinajstić information content (AvgIpc) is 3.34. The molecule has 13 heteroatoms. The number of aryl methyl sites for hydroxylation is 1. The van der Waals surface area contributed by atoms with Gasteiger partial charge >= 0.3 is 5.97 Å². The predicted octanol–water partition coefficient (Wildman–Crippen LogP) is 2.25. The average molecular weight is 580 g/mol. The van der Waals surface area contributed by atoms with Crippen molar-refractivity contribution in [2.75, 3.05) is 6.54 Å². The van der Waals surface area contributed by atoms with Gasteiger partial charge in [-0.15, -0.1) is 11.3 Å². The largest absolute Gasteiger partial charge is 0.479 e. The minimum atomic E-state index is -1.36. The zero-order valence-electron chi connectivity index (χ0n) is 22.7. The Balaban J connectivity index is 1.29. The van der Waals surface area contributed by atoms with Gasteiger partial charge in [0.1, 0.15) is 28.1 Å². The van der Waals surface area contributed by atoms with Crippen molar-refractivity contribution in [3.8, 4) is 17.4 Å². The molecule has 4 N–H and O–H groups in total. The highest BCUT2D eigenvalue weighted by atomic mass is 32.1. The molecule has 3 aromatic rings. The predicted molar refractivity (Wildman–Crippen MR) is 151 cm³/mol. The number of fused-ring (bicyclic) bond motifs is 3. The molecule has 12 nitrogen and oxygen atoms in total. The molecule has 0 aromatic carbocycles. The summed E-state index contributed by atoms with van der Waals surface area (Å²) in [4.78, 5) is 50.2. The van der Waals surface area contributed by atoms with Crippen LogP contribution in [0.15, 0.2) is 35.9 Å². The molecule has 5 atom stereocenters. The Morgan fingerprint density at radius 3 is 2.88 bits per heavy atom. The highest BCUT2D eigenvalue weighted by molar-refractivity contribution is 7.17. The van der Waals surface area contributed by atoms with Crippen LogP contribution in [0.5, 0.6) is 5.88 Å². The third kappa shape index (κ3) is 5.19. The highest BCUT2D eigenvalue weighted by Gasteiger charge is 2.61. The standard InChI is InChI=1S/C28H33N7O5S/c1-34-20(9-11-30-34)23-31-19-10-12-41-22(19)25(32-23)40-17-13-21-24(36)33-28(27(38)39)14-16(28)7-5-3-2-4-6-8-18(29)26(37)35(21)15-17/h5,7,9-12,16-18,21H,2-4,6,8,13-15,29H2,1H3,(H,33,36)(H,38,39)/t16-,17-,18+,21+,28-/m1/s1. The van der Waals surface area contributed by atoms with Crippen molar-refractivity contribution in [1.82, 2.24) is 30.0 Å². The lowest BCUT2D eigenvalue weighted by molar-refractivity contribution is -0.145. The van der Waals surface area contributed by atoms with Crippen molar-refractivity contribution in [2.24, 2.45) is 18.7 Å². The monoisotopic (exact) mass is 579 g/mol. The number of carbonyl (C=O) groups excluding carboxylic acids is 2. The van der Waals surface area contributed by atoms with Crippen LogP contribution in [0.3, 0.4) is 0 Å². The number of nitrogens with one attached hydrogen (secondary N) is 1. The van der Waals surface area contributed by atoms with Crippen LogP contribution < -0.4 is 15.8 Å². The van der Waals surface area contributed by atoms with Gasteiger partial charge in [-0.25, -0.2) is 9.78 Å². The molecule has 3 aliphatic rings. The number of amides is 2. The Hall–Kier alpha value is -3.84. The van der Waals surface area contributed by atoms with Crippen LogP contribution in [-0.4, -0.2) is 77.8 Å². The molecule has 3 aromatic heterocycles. The molecule has 216 valence electrons. The first-order chi connectivity index (χ1) is 19.8. The summed E-state index contributed by atoms with van der Waals surface area (Å²) in [6, 6.07) is 2.02. The molecule has 1 saturated heterocycles. The fourth-order valence-corrected chi connectivity index (χ4v) is 6.59. The van der Waals surface area contributed by atoms with E-state index in [1.807, 2.05) is 29.7 Å². The quantitative estimate of drug-likeness (QED) is 0.393. The lowest BCUT2D eigenvalue weighted by atomic mass is 10.1. The number of carbonyl (C=O) groups is 3. The van der Waals surface area contributed by atoms with Crippen LogP contribution >= 0.6 is 11.3 Å². The Kier molecular flexibility index (Phi) is 7.24. The lowest BCUT2D eigenvalue weighted by Gasteiger charge is -2.27. The number of aliphatic carboxylic acids is 1. The SMILES string of the molecule is Cn1nccc1-c1nc(O[C@@H]2C[C@H]3C(=O)N[C@]4(C(=O)O)C[C@H]4C=CCCCCC[C@H](N)C(=O)N3C2)c2sccc2n1. The van der Waals surface area contributed by atoms with Crippen LogP contribution in [0, 0.1) is 5.92 Å². The zero-order chi connectivity index (χ0) is 28.7. The molecular formula is C28H33N7O5S. The normalized spacial score (nSPS) is 28.9. The summed E-state index contributed by atoms with van der Waals surface area (Å²) in [5.41, 5.74) is 6.39. The fourth-order valence-electron chi connectivity index (χ4n) is 5.82. The number of carboxylic acids is 1. The van der Waals surface area contributed by atoms with E-state index in [1.54, 1.807) is 17.9 Å². The maximum absolute atomic E-state index is 13.6. The second-order valence-electron chi connectivity index (χ2n) is 11.1. The van der Waals surface area contributed by atoms with Gasteiger partial charge in [-0.3, -0.25) is 14.3 Å². The third-order valence-corrected chi connectivity index (χ3v) is 9.15. The summed E-state index contributed by atoms with van der Waals surface area (Å²) in [6.07, 6.45) is 9.45. The van der Waals surface area contributed by atoms with Gasteiger partial charge in [-0.05, 0) is 43.2 Å². The van der Waals surface area contributed by atoms with E-state index in [9.17, 15) is 19.5 Å². The van der Waals surface area contributed by atoms with E-state index in [-0.39, 0.29) is 24.8 Å². The van der Waals surface area contributed by atoms with Crippen molar-refractivity contribution >= 4 is 39.3 Å². The van der Waals surface area contributed by atoms with E-state index < -0.39 is 35.6 Å². The number of rotatable bonds is 4. The molecule has 0 bridgehead atoms. The Labute approximate surface area is 240 Å². The van der Waals surface area contributed by atoms with Gasteiger partial charge in [0.05, 0.1) is 18.1 Å². The molecular weight excluding hydrogens is 546 g/mol. The van der Waals surface area contributed by atoms with Gasteiger partial charge in [0, 0.05) is 25.6 Å². The van der Waals surface area contributed by atoms with E-state index in [1.165, 1.54) is 16.2 Å². The molecule has 6 rings (SSSR count). The van der Waals surface area contributed by atoms with E-state index in [4.69, 9.17) is 10.5 Å². The minimum absolute atomic E-state index is 0.131. The molecule has 2 fully saturated rings. The van der Waals surface area contributed by atoms with Gasteiger partial charge in [0.25, 0.3) is 0 Å². The molecule has 1 saturated carbocycles. The van der Waals surface area contributed by atoms with Crippen LogP contribution in [0.4, 0.5) is 0 Å². The van der Waals surface area contributed by atoms with E-state index in [2.05, 4.69) is 20.4 Å². The Morgan fingerprint density at radius 1 is 1.24 bits per heavy atom. The summed E-state index contributed by atoms with van der Waals surface area (Å²) in [5.74, 6) is -1.39. The molecule has 41 heavy (non-hydrogen) atoms. The number of aromatic nitrogens is 4. The summed E-state index contributed by atoms with van der Waals surface area (Å²) >= 11 is 1.44. The number of nitrogens with zero attached hydrogens (tertiary/aromatic N) is 5. The summed E-state index contributed by atoms with van der Waals surface area (Å²) in [6.45, 7) is 0.131. The van der Waals surface area contributed by atoms with Crippen LogP contribution in [-0.2, 0) is 21.4 Å². The first-order valence-electron chi connectivity index (χ1n) is 14.0. The molecule has 5 heterocycles. The van der Waals surface area contributed by atoms with E-state index in [0.29, 0.717) is 24.5 Å². The molecule has 1 aliphatic carbocycles. The first-order valence-corrected chi connectivity index (χ1v) is 14.8. The number of hydrogen-bond donors (Lipinski definition) is 3. The number of thiophene rings is 1. The second kappa shape index (κ2) is 10.9. The lowest BCUT2D eigenvalue weighted by Crippen LogP contribution is -2.55. The zero-order valence-corrected chi connectivity index (χ0v) is 23.5. The summed E-state index contributed by atoms with van der Waals surface area (Å²) in [7, 11) is 1.80. The van der Waals surface area contributed by atoms with Crippen molar-refractivity contribution in [3.63, 3.8) is 0 Å². The first kappa shape index (κ1) is 27.3. The molecule has 0 radical (unpaired) electrons. The van der Waals surface area contributed by atoms with Gasteiger partial charge in [0.2, 0.25) is 17.7 Å². The number of carboxylic acid groups (broad SMARTS) is 1. The van der Waals surface area contributed by atoms with Crippen LogP contribution in [0.1, 0.15) is 44.9 Å². The van der Waals surface area contributed by atoms with Gasteiger partial charge in [0.15, 0.2) is 5.82 Å². The van der Waals surface area contributed by atoms with Crippen molar-refractivity contribution in [2.45, 2.75) is 68.7 Å². The van der Waals surface area contributed by atoms with Gasteiger partial charge < -0.3 is 25.8 Å². The maximum Gasteiger partial charge on any atom is 0.330 e. The molecule has 0 unspecified atom stereocenters. The fraction of sp³-hybridized carbons (Fsp3) is 0.500. The molecule has 2 aliphatic heterocycles. The smallest absolute Gasteiger partial charge is 0.330 e. The van der Waals surface area contributed by atoms with Crippen LogP contribution in [0.2, 0.25) is 0 Å². The Bertz CT molecular complexity index is 1520. The minimum Gasteiger partial charge on any atom is -0.479 e. The van der Waals surface area contributed by atoms with Gasteiger partial charge in [-0.2, -0.15) is 10.1 Å². The maximum atomic E-state index is 13.6. The van der Waals surface area contributed by atoms with Crippen molar-refractivity contribution in [3.05, 3.63) is 35.9 Å². The van der Waals surface area contributed by atoms with E-state index >= 15 is 0 Å². The summed E-state index contributed by atoms with van der Waals surface area (Å²) in [5, 5.41) is 18.9. The third-order valence-electron chi connectivity index (χ3n) is 8.26. The highest BCUT2D eigenvalue weighted by Crippen LogP contribution is 2.45. The van der Waals surface area contributed by atoms with Crippen molar-refractivity contribution in [1.29, 1.82) is 0 Å². The second-order valence-corrected chi connectivity index (χ2v) is 12.0. The van der Waals surface area contributed by atoms with Crippen molar-refractivity contribution < 1.29 is 24.2 Å². The molecule has 2 amide bonds. The van der Waals surface area contributed by atoms with Crippen LogP contribution in [0.25, 0.3) is 21.7 Å². The summed E-state index contributed by atoms with van der Waals surface area (Å²) < 4.78 is 8.82. The topological polar surface area (TPSA) is 166 Å². The number of hydrogen-bond acceptors (Lipinski definition) is 9. The van der Waals surface area contributed by atoms with E-state index in [0.717, 1.165) is 41.6 Å². The molecule has 0 spiro atoms. The number of ether oxygens (including phenoxy) is 1. The number of nitrogens with two attached hydrogens (primary N) is 1.